The molecule has 0 spiro atoms. The van der Waals surface area contributed by atoms with Crippen molar-refractivity contribution >= 4 is 5.78 Å². The highest BCUT2D eigenvalue weighted by Gasteiger charge is 2.03. The number of nitrogens with zero attached hydrogens (tertiary/aromatic N) is 2. The molecule has 1 aromatic heterocycles. The Morgan fingerprint density at radius 3 is 3.17 bits per heavy atom. The number of rotatable bonds is 4. The molecular weight excluding hydrogens is 152 g/mol. The lowest BCUT2D eigenvalue weighted by atomic mass is 10.2. The van der Waals surface area contributed by atoms with Crippen LogP contribution in [0.3, 0.4) is 0 Å². The number of aromatic nitrogens is 2. The number of hydrogen-bond acceptors (Lipinski definition) is 2. The van der Waals surface area contributed by atoms with Gasteiger partial charge in [0.25, 0.3) is 0 Å². The monoisotopic (exact) mass is 164 g/mol. The Balaban J connectivity index is 2.76. The van der Waals surface area contributed by atoms with Gasteiger partial charge in [0, 0.05) is 12.7 Å². The van der Waals surface area contributed by atoms with Gasteiger partial charge in [-0.15, -0.1) is 0 Å². The third-order valence-corrected chi connectivity index (χ3v) is 1.56. The topological polar surface area (TPSA) is 34.9 Å². The third-order valence-electron chi connectivity index (χ3n) is 1.56. The molecule has 0 saturated carbocycles. The minimum atomic E-state index is -0.0719. The number of ketones is 1. The molecule has 3 nitrogen and oxygen atoms in total. The molecule has 0 unspecified atom stereocenters. The lowest BCUT2D eigenvalue weighted by Gasteiger charge is -1.93. The van der Waals surface area contributed by atoms with Gasteiger partial charge in [-0.1, -0.05) is 13.5 Å². The summed E-state index contributed by atoms with van der Waals surface area (Å²) in [5, 5.41) is 4.02. The Bertz CT molecular complexity index is 288. The fourth-order valence-electron chi connectivity index (χ4n) is 0.960. The van der Waals surface area contributed by atoms with Gasteiger partial charge in [0.2, 0.25) is 0 Å². The fraction of sp³-hybridized carbons (Fsp3) is 0.333. The molecule has 0 radical (unpaired) electrons. The first-order chi connectivity index (χ1) is 5.77. The van der Waals surface area contributed by atoms with Crippen molar-refractivity contribution in [3.05, 3.63) is 30.6 Å². The maximum Gasteiger partial charge on any atom is 0.188 e. The van der Waals surface area contributed by atoms with Crippen LogP contribution in [0.15, 0.2) is 25.0 Å². The maximum atomic E-state index is 11.1. The highest BCUT2D eigenvalue weighted by Crippen LogP contribution is 2.00. The second-order valence-electron chi connectivity index (χ2n) is 2.56. The lowest BCUT2D eigenvalue weighted by Crippen LogP contribution is -1.96. The van der Waals surface area contributed by atoms with E-state index >= 15 is 0 Å². The van der Waals surface area contributed by atoms with E-state index in [-0.39, 0.29) is 5.78 Å². The minimum Gasteiger partial charge on any atom is -0.289 e. The smallest absolute Gasteiger partial charge is 0.188 e. The summed E-state index contributed by atoms with van der Waals surface area (Å²) in [6, 6.07) is 0. The summed E-state index contributed by atoms with van der Waals surface area (Å²) < 4.78 is 1.76. The van der Waals surface area contributed by atoms with Gasteiger partial charge in [0.1, 0.15) is 0 Å². The Labute approximate surface area is 71.7 Å². The van der Waals surface area contributed by atoms with Gasteiger partial charge in [-0.05, 0) is 12.5 Å². The second-order valence-corrected chi connectivity index (χ2v) is 2.56. The van der Waals surface area contributed by atoms with E-state index in [2.05, 4.69) is 18.6 Å². The molecule has 0 aliphatic heterocycles. The molecule has 1 aromatic rings. The molecule has 0 saturated heterocycles. The number of hydrogen-bond donors (Lipinski definition) is 0. The molecule has 0 aromatic carbocycles. The van der Waals surface area contributed by atoms with Crippen LogP contribution in [0.25, 0.3) is 0 Å². The summed E-state index contributed by atoms with van der Waals surface area (Å²) in [5.41, 5.74) is 0.610. The molecule has 0 aliphatic rings. The van der Waals surface area contributed by atoms with E-state index < -0.39 is 0 Å². The average molecular weight is 164 g/mol. The van der Waals surface area contributed by atoms with Gasteiger partial charge in [0.15, 0.2) is 5.78 Å². The number of aryl methyl sites for hydroxylation is 1. The molecule has 0 amide bonds. The van der Waals surface area contributed by atoms with Gasteiger partial charge in [-0.25, -0.2) is 0 Å². The predicted molar refractivity (Wildman–Crippen MR) is 47.0 cm³/mol. The molecule has 1 heterocycles. The van der Waals surface area contributed by atoms with Crippen LogP contribution in [0.1, 0.15) is 23.7 Å². The summed E-state index contributed by atoms with van der Waals surface area (Å²) >= 11 is 0. The summed E-state index contributed by atoms with van der Waals surface area (Å²) in [6.07, 6.45) is 5.63. The quantitative estimate of drug-likeness (QED) is 0.501. The number of carbonyl (C=O) groups is 1. The van der Waals surface area contributed by atoms with E-state index in [9.17, 15) is 4.79 Å². The van der Waals surface area contributed by atoms with E-state index in [0.29, 0.717) is 5.56 Å². The molecular formula is C9H12N2O. The predicted octanol–water partition coefficient (Wildman–Crippen LogP) is 1.66. The minimum absolute atomic E-state index is 0.0719. The van der Waals surface area contributed by atoms with E-state index in [0.717, 1.165) is 13.0 Å². The fourth-order valence-corrected chi connectivity index (χ4v) is 0.960. The Kier molecular flexibility index (Phi) is 2.80. The first-order valence-electron chi connectivity index (χ1n) is 3.97. The van der Waals surface area contributed by atoms with Crippen LogP contribution in [0.4, 0.5) is 0 Å². The van der Waals surface area contributed by atoms with Crippen molar-refractivity contribution in [3.8, 4) is 0 Å². The van der Waals surface area contributed by atoms with E-state index in [4.69, 9.17) is 0 Å². The van der Waals surface area contributed by atoms with Crippen LogP contribution in [-0.2, 0) is 6.54 Å². The molecule has 0 bridgehead atoms. The van der Waals surface area contributed by atoms with Crippen molar-refractivity contribution in [1.29, 1.82) is 0 Å². The zero-order valence-electron chi connectivity index (χ0n) is 7.16. The van der Waals surface area contributed by atoms with Gasteiger partial charge in [0.05, 0.1) is 11.8 Å². The van der Waals surface area contributed by atoms with E-state index in [1.165, 1.54) is 6.08 Å². The normalized spacial score (nSPS) is 9.75. The van der Waals surface area contributed by atoms with E-state index in [1.807, 2.05) is 0 Å². The Morgan fingerprint density at radius 2 is 2.58 bits per heavy atom. The van der Waals surface area contributed by atoms with Crippen LogP contribution in [0, 0.1) is 0 Å². The summed E-state index contributed by atoms with van der Waals surface area (Å²) in [4.78, 5) is 11.1. The van der Waals surface area contributed by atoms with Crippen molar-refractivity contribution in [2.75, 3.05) is 0 Å². The van der Waals surface area contributed by atoms with Crippen LogP contribution in [-0.4, -0.2) is 15.6 Å². The molecule has 0 fully saturated rings. The third kappa shape index (κ3) is 1.81. The highest BCUT2D eigenvalue weighted by molar-refractivity contribution is 6.03. The molecule has 1 rings (SSSR count). The van der Waals surface area contributed by atoms with Gasteiger partial charge < -0.3 is 0 Å². The van der Waals surface area contributed by atoms with Crippen LogP contribution >= 0.6 is 0 Å². The summed E-state index contributed by atoms with van der Waals surface area (Å²) in [6.45, 7) is 6.32. The largest absolute Gasteiger partial charge is 0.289 e. The van der Waals surface area contributed by atoms with E-state index in [1.54, 1.807) is 17.1 Å². The zero-order valence-corrected chi connectivity index (χ0v) is 7.16. The lowest BCUT2D eigenvalue weighted by molar-refractivity contribution is 0.104. The molecule has 0 N–H and O–H groups in total. The standard InChI is InChI=1S/C9H12N2O/c1-3-5-11-7-8(6-10-11)9(12)4-2/h4,6-7H,2-3,5H2,1H3. The number of allylic oxidation sites excluding steroid dienone is 1. The molecule has 3 heteroatoms. The highest BCUT2D eigenvalue weighted by atomic mass is 16.1. The van der Waals surface area contributed by atoms with Crippen LogP contribution in [0.5, 0.6) is 0 Å². The zero-order chi connectivity index (χ0) is 8.97. The van der Waals surface area contributed by atoms with Crippen molar-refractivity contribution in [2.45, 2.75) is 19.9 Å². The average Bonchev–Trinajstić information content (AvgIpc) is 2.52. The second kappa shape index (κ2) is 3.85. The summed E-state index contributed by atoms with van der Waals surface area (Å²) in [7, 11) is 0. The number of carbonyl (C=O) groups excluding carboxylic acids is 1. The first-order valence-corrected chi connectivity index (χ1v) is 3.97. The summed E-state index contributed by atoms with van der Waals surface area (Å²) in [5.74, 6) is -0.0719. The van der Waals surface area contributed by atoms with Crippen molar-refractivity contribution in [3.63, 3.8) is 0 Å². The van der Waals surface area contributed by atoms with Gasteiger partial charge in [-0.3, -0.25) is 9.48 Å². The Morgan fingerprint density at radius 1 is 1.83 bits per heavy atom. The maximum absolute atomic E-state index is 11.1. The molecule has 64 valence electrons. The molecule has 0 atom stereocenters. The van der Waals surface area contributed by atoms with Crippen LogP contribution in [0.2, 0.25) is 0 Å². The van der Waals surface area contributed by atoms with Crippen molar-refractivity contribution in [1.82, 2.24) is 9.78 Å². The SMILES string of the molecule is C=CC(=O)c1cnn(CCC)c1. The van der Waals surface area contributed by atoms with Crippen molar-refractivity contribution in [2.24, 2.45) is 0 Å². The molecule has 0 aliphatic carbocycles. The Hall–Kier alpha value is -1.38. The molecule has 12 heavy (non-hydrogen) atoms. The van der Waals surface area contributed by atoms with Crippen LogP contribution < -0.4 is 0 Å². The van der Waals surface area contributed by atoms with Gasteiger partial charge in [-0.2, -0.15) is 5.10 Å². The van der Waals surface area contributed by atoms with Gasteiger partial charge >= 0.3 is 0 Å². The van der Waals surface area contributed by atoms with Crippen molar-refractivity contribution < 1.29 is 4.79 Å². The first kappa shape index (κ1) is 8.71.